The van der Waals surface area contributed by atoms with Crippen LogP contribution in [0.25, 0.3) is 11.1 Å². The van der Waals surface area contributed by atoms with Gasteiger partial charge in [0.1, 0.15) is 0 Å². The molecule has 0 aliphatic carbocycles. The molecular weight excluding hydrogens is 432 g/mol. The summed E-state index contributed by atoms with van der Waals surface area (Å²) in [5.41, 5.74) is 1.24. The molecule has 1 aliphatic heterocycles. The van der Waals surface area contributed by atoms with Crippen LogP contribution in [0.5, 0.6) is 0 Å². The molecule has 1 saturated heterocycles. The molecule has 3 heterocycles. The second kappa shape index (κ2) is 9.41. The Hall–Kier alpha value is -3.73. The monoisotopic (exact) mass is 455 g/mol. The molecule has 1 fully saturated rings. The van der Waals surface area contributed by atoms with E-state index in [0.29, 0.717) is 36.0 Å². The van der Waals surface area contributed by atoms with Crippen LogP contribution in [-0.4, -0.2) is 58.5 Å². The number of benzene rings is 1. The molecule has 172 valence electrons. The fourth-order valence-electron chi connectivity index (χ4n) is 3.70. The molecule has 0 bridgehead atoms. The maximum atomic E-state index is 14.5. The molecule has 1 aromatic carbocycles. The number of ether oxygens (including phenoxy) is 1. The molecular formula is C22H23F2N7O2. The van der Waals surface area contributed by atoms with Crippen molar-refractivity contribution in [2.45, 2.75) is 26.1 Å². The van der Waals surface area contributed by atoms with Crippen LogP contribution in [0, 0.1) is 5.82 Å². The van der Waals surface area contributed by atoms with E-state index in [1.807, 2.05) is 18.7 Å². The summed E-state index contributed by atoms with van der Waals surface area (Å²) < 4.78 is 33.2. The fraction of sp³-hybridized carbons (Fsp3) is 0.318. The molecule has 1 aliphatic rings. The van der Waals surface area contributed by atoms with E-state index in [1.165, 1.54) is 12.1 Å². The molecule has 0 spiro atoms. The Kier molecular flexibility index (Phi) is 6.40. The lowest BCUT2D eigenvalue weighted by Gasteiger charge is -2.35. The highest BCUT2D eigenvalue weighted by molar-refractivity contribution is 5.89. The van der Waals surface area contributed by atoms with Gasteiger partial charge in [-0.1, -0.05) is 12.1 Å². The number of nitrogens with zero attached hydrogens (tertiary/aromatic N) is 5. The lowest BCUT2D eigenvalue weighted by molar-refractivity contribution is -0.00572. The van der Waals surface area contributed by atoms with Crippen molar-refractivity contribution in [2.75, 3.05) is 35.7 Å². The van der Waals surface area contributed by atoms with Gasteiger partial charge in [-0.05, 0) is 37.6 Å². The van der Waals surface area contributed by atoms with Crippen LogP contribution in [0.3, 0.4) is 0 Å². The van der Waals surface area contributed by atoms with Gasteiger partial charge in [0.2, 0.25) is 5.95 Å². The van der Waals surface area contributed by atoms with Crippen LogP contribution in [0.1, 0.15) is 24.2 Å². The first-order chi connectivity index (χ1) is 15.8. The van der Waals surface area contributed by atoms with Crippen LogP contribution in [-0.2, 0) is 4.74 Å². The largest absolute Gasteiger partial charge is 0.372 e. The van der Waals surface area contributed by atoms with Gasteiger partial charge in [0.25, 0.3) is 0 Å². The predicted molar refractivity (Wildman–Crippen MR) is 120 cm³/mol. The van der Waals surface area contributed by atoms with E-state index in [9.17, 15) is 13.6 Å². The van der Waals surface area contributed by atoms with E-state index < -0.39 is 11.9 Å². The summed E-state index contributed by atoms with van der Waals surface area (Å²) in [5.74, 6) is 0.414. The van der Waals surface area contributed by atoms with Crippen molar-refractivity contribution in [3.63, 3.8) is 0 Å². The zero-order valence-corrected chi connectivity index (χ0v) is 18.3. The summed E-state index contributed by atoms with van der Waals surface area (Å²) in [6.45, 7) is 5.10. The molecule has 2 aromatic heterocycles. The molecule has 9 nitrogen and oxygen atoms in total. The Balaban J connectivity index is 1.63. The average Bonchev–Trinajstić information content (AvgIpc) is 2.80. The van der Waals surface area contributed by atoms with Gasteiger partial charge < -0.3 is 20.3 Å². The number of nitrogens with one attached hydrogen (secondary N) is 2. The third kappa shape index (κ3) is 5.03. The van der Waals surface area contributed by atoms with Crippen molar-refractivity contribution in [1.29, 1.82) is 0 Å². The highest BCUT2D eigenvalue weighted by atomic mass is 19.1. The zero-order chi connectivity index (χ0) is 23.5. The quantitative estimate of drug-likeness (QED) is 0.540. The standard InChI is InChI=1S/C22H23F2N7O2/c1-12-10-31(11-13(2)33-12)22-26-9-17(23)21(28-22)27-18-8-16(20(25-3)30-29-18)14-4-6-15(7-5-14)19(24)32/h4-9,12-13H,10-11H2,1-3H3,(H,25,30)(H,26,27,28,29). The summed E-state index contributed by atoms with van der Waals surface area (Å²) in [5, 5.41) is 14.0. The van der Waals surface area contributed by atoms with Gasteiger partial charge in [0, 0.05) is 25.7 Å². The van der Waals surface area contributed by atoms with Crippen molar-refractivity contribution in [1.82, 2.24) is 20.2 Å². The number of hydrogen-bond donors (Lipinski definition) is 2. The number of carbonyl (C=O) groups excluding carboxylic acids is 1. The first kappa shape index (κ1) is 22.5. The van der Waals surface area contributed by atoms with Crippen molar-refractivity contribution in [3.8, 4) is 11.1 Å². The van der Waals surface area contributed by atoms with Gasteiger partial charge in [0.15, 0.2) is 23.3 Å². The molecule has 3 aromatic rings. The lowest BCUT2D eigenvalue weighted by atomic mass is 10.0. The average molecular weight is 455 g/mol. The van der Waals surface area contributed by atoms with E-state index in [2.05, 4.69) is 30.8 Å². The lowest BCUT2D eigenvalue weighted by Crippen LogP contribution is -2.46. The topological polar surface area (TPSA) is 105 Å². The van der Waals surface area contributed by atoms with Gasteiger partial charge in [-0.3, -0.25) is 4.79 Å². The molecule has 2 N–H and O–H groups in total. The Morgan fingerprint density at radius 2 is 1.82 bits per heavy atom. The van der Waals surface area contributed by atoms with Crippen LogP contribution in [0.15, 0.2) is 36.5 Å². The number of rotatable bonds is 6. The SMILES string of the molecule is CNc1nnc(Nc2nc(N3CC(C)OC(C)C3)ncc2F)cc1-c1ccc(C(=O)F)cc1. The Morgan fingerprint density at radius 1 is 1.12 bits per heavy atom. The summed E-state index contributed by atoms with van der Waals surface area (Å²) in [6.07, 6.45) is 1.11. The van der Waals surface area contributed by atoms with Crippen molar-refractivity contribution in [2.24, 2.45) is 0 Å². The van der Waals surface area contributed by atoms with Gasteiger partial charge in [-0.2, -0.15) is 9.37 Å². The Bertz CT molecular complexity index is 1150. The number of carbonyl (C=O) groups is 1. The molecule has 11 heteroatoms. The van der Waals surface area contributed by atoms with E-state index in [-0.39, 0.29) is 29.4 Å². The Labute approximate surface area is 189 Å². The smallest absolute Gasteiger partial charge is 0.332 e. The van der Waals surface area contributed by atoms with Crippen molar-refractivity contribution < 1.29 is 18.3 Å². The number of halogens is 2. The minimum atomic E-state index is -1.51. The predicted octanol–water partition coefficient (Wildman–Crippen LogP) is 3.58. The number of anilines is 4. The van der Waals surface area contributed by atoms with E-state index in [1.54, 1.807) is 25.2 Å². The normalized spacial score (nSPS) is 18.2. The molecule has 0 radical (unpaired) electrons. The number of hydrogen-bond acceptors (Lipinski definition) is 9. The highest BCUT2D eigenvalue weighted by Crippen LogP contribution is 2.29. The van der Waals surface area contributed by atoms with Gasteiger partial charge in [0.05, 0.1) is 24.0 Å². The zero-order valence-electron chi connectivity index (χ0n) is 18.3. The van der Waals surface area contributed by atoms with Crippen LogP contribution >= 0.6 is 0 Å². The van der Waals surface area contributed by atoms with E-state index in [4.69, 9.17) is 4.74 Å². The van der Waals surface area contributed by atoms with Crippen molar-refractivity contribution >= 4 is 29.4 Å². The molecule has 0 saturated carbocycles. The van der Waals surface area contributed by atoms with Gasteiger partial charge in [-0.15, -0.1) is 10.2 Å². The summed E-state index contributed by atoms with van der Waals surface area (Å²) in [7, 11) is 1.68. The minimum Gasteiger partial charge on any atom is -0.372 e. The summed E-state index contributed by atoms with van der Waals surface area (Å²) in [6, 6.07) is 6.10. The maximum Gasteiger partial charge on any atom is 0.332 e. The van der Waals surface area contributed by atoms with Gasteiger partial charge >= 0.3 is 6.04 Å². The second-order valence-electron chi connectivity index (χ2n) is 7.75. The molecule has 0 amide bonds. The first-order valence-corrected chi connectivity index (χ1v) is 10.4. The third-order valence-corrected chi connectivity index (χ3v) is 5.13. The molecule has 33 heavy (non-hydrogen) atoms. The van der Waals surface area contributed by atoms with Gasteiger partial charge in [-0.25, -0.2) is 9.37 Å². The molecule has 2 unspecified atom stereocenters. The van der Waals surface area contributed by atoms with Crippen LogP contribution in [0.2, 0.25) is 0 Å². The first-order valence-electron chi connectivity index (χ1n) is 10.4. The highest BCUT2D eigenvalue weighted by Gasteiger charge is 2.25. The van der Waals surface area contributed by atoms with E-state index >= 15 is 0 Å². The van der Waals surface area contributed by atoms with E-state index in [0.717, 1.165) is 6.20 Å². The van der Waals surface area contributed by atoms with Crippen LogP contribution in [0.4, 0.5) is 32.2 Å². The summed E-state index contributed by atoms with van der Waals surface area (Å²) >= 11 is 0. The molecule has 2 atom stereocenters. The van der Waals surface area contributed by atoms with Crippen molar-refractivity contribution in [3.05, 3.63) is 47.9 Å². The maximum absolute atomic E-state index is 14.5. The van der Waals surface area contributed by atoms with Crippen LogP contribution < -0.4 is 15.5 Å². The Morgan fingerprint density at radius 3 is 2.45 bits per heavy atom. The fourth-order valence-corrected chi connectivity index (χ4v) is 3.70. The second-order valence-corrected chi connectivity index (χ2v) is 7.75. The number of morpholine rings is 1. The molecule has 4 rings (SSSR count). The number of aromatic nitrogens is 4. The third-order valence-electron chi connectivity index (χ3n) is 5.13. The minimum absolute atomic E-state index is 0.000373. The summed E-state index contributed by atoms with van der Waals surface area (Å²) in [4.78, 5) is 21.3.